The highest BCUT2D eigenvalue weighted by molar-refractivity contribution is 5.68. The van der Waals surface area contributed by atoms with Gasteiger partial charge in [0.1, 0.15) is 0 Å². The lowest BCUT2D eigenvalue weighted by Gasteiger charge is -2.13. The molecule has 0 spiro atoms. The summed E-state index contributed by atoms with van der Waals surface area (Å²) in [5, 5.41) is 0. The summed E-state index contributed by atoms with van der Waals surface area (Å²) >= 11 is 0. The Balaban J connectivity index is 2.42. The average molecular weight is 197 g/mol. The minimum Gasteiger partial charge on any atom is -0.378 e. The number of hydrogen-bond acceptors (Lipinski definition) is 1. The highest BCUT2D eigenvalue weighted by atomic mass is 15.1. The summed E-state index contributed by atoms with van der Waals surface area (Å²) < 4.78 is 0. The second kappa shape index (κ2) is 4.18. The molecule has 0 heterocycles. The quantitative estimate of drug-likeness (QED) is 0.713. The molecule has 0 aliphatic heterocycles. The lowest BCUT2D eigenvalue weighted by atomic mass is 10.1. The first-order valence-corrected chi connectivity index (χ1v) is 5.10. The number of benzene rings is 2. The Morgan fingerprint density at radius 1 is 0.733 bits per heavy atom. The van der Waals surface area contributed by atoms with E-state index in [0.29, 0.717) is 0 Å². The Kier molecular flexibility index (Phi) is 2.72. The van der Waals surface area contributed by atoms with E-state index < -0.39 is 0 Å². The summed E-state index contributed by atoms with van der Waals surface area (Å²) in [4.78, 5) is 2.12. The number of nitrogens with zero attached hydrogens (tertiary/aromatic N) is 1. The number of hydrogen-bond donors (Lipinski definition) is 0. The molecule has 0 unspecified atom stereocenters. The van der Waals surface area contributed by atoms with Gasteiger partial charge in [0.05, 0.1) is 0 Å². The molecule has 15 heavy (non-hydrogen) atoms. The van der Waals surface area contributed by atoms with Gasteiger partial charge in [-0.2, -0.15) is 0 Å². The molecule has 0 aliphatic rings. The van der Waals surface area contributed by atoms with Gasteiger partial charge in [-0.3, -0.25) is 0 Å². The maximum Gasteiger partial charge on any atom is 0.0367 e. The molecule has 0 fully saturated rings. The fourth-order valence-corrected chi connectivity index (χ4v) is 1.59. The molecule has 0 saturated heterocycles. The van der Waals surface area contributed by atoms with Crippen molar-refractivity contribution in [1.29, 1.82) is 0 Å². The molecule has 0 radical (unpaired) electrons. The molecular formula is C14H15N. The molecule has 1 nitrogen and oxygen atoms in total. The van der Waals surface area contributed by atoms with Crippen molar-refractivity contribution in [2.24, 2.45) is 0 Å². The van der Waals surface area contributed by atoms with Crippen LogP contribution in [-0.2, 0) is 0 Å². The van der Waals surface area contributed by atoms with Crippen LogP contribution in [-0.4, -0.2) is 14.1 Å². The fourth-order valence-electron chi connectivity index (χ4n) is 1.59. The minimum atomic E-state index is 1.23. The van der Waals surface area contributed by atoms with E-state index in [-0.39, 0.29) is 0 Å². The third-order valence-corrected chi connectivity index (χ3v) is 2.47. The molecule has 0 N–H and O–H groups in total. The summed E-state index contributed by atoms with van der Waals surface area (Å²) in [6.07, 6.45) is 0. The molecular weight excluding hydrogens is 182 g/mol. The van der Waals surface area contributed by atoms with Crippen LogP contribution >= 0.6 is 0 Å². The van der Waals surface area contributed by atoms with Gasteiger partial charge in [-0.25, -0.2) is 0 Å². The zero-order chi connectivity index (χ0) is 10.7. The van der Waals surface area contributed by atoms with Gasteiger partial charge in [-0.05, 0) is 23.3 Å². The van der Waals surface area contributed by atoms with E-state index >= 15 is 0 Å². The topological polar surface area (TPSA) is 3.24 Å². The van der Waals surface area contributed by atoms with Crippen molar-refractivity contribution in [2.75, 3.05) is 19.0 Å². The molecule has 76 valence electrons. The van der Waals surface area contributed by atoms with E-state index in [1.54, 1.807) is 0 Å². The summed E-state index contributed by atoms with van der Waals surface area (Å²) in [5.74, 6) is 0. The van der Waals surface area contributed by atoms with Crippen molar-refractivity contribution < 1.29 is 0 Å². The molecule has 1 heteroatoms. The van der Waals surface area contributed by atoms with Crippen LogP contribution in [0.15, 0.2) is 54.6 Å². The highest BCUT2D eigenvalue weighted by Crippen LogP contribution is 2.23. The predicted molar refractivity (Wildman–Crippen MR) is 66.2 cm³/mol. The van der Waals surface area contributed by atoms with E-state index in [1.807, 2.05) is 6.07 Å². The fraction of sp³-hybridized carbons (Fsp3) is 0.143. The van der Waals surface area contributed by atoms with Gasteiger partial charge in [-0.1, -0.05) is 42.5 Å². The van der Waals surface area contributed by atoms with Crippen molar-refractivity contribution in [3.63, 3.8) is 0 Å². The Morgan fingerprint density at radius 2 is 1.40 bits per heavy atom. The van der Waals surface area contributed by atoms with Crippen LogP contribution < -0.4 is 4.90 Å². The first-order valence-electron chi connectivity index (χ1n) is 5.10. The zero-order valence-electron chi connectivity index (χ0n) is 9.14. The van der Waals surface area contributed by atoms with Gasteiger partial charge in [0.15, 0.2) is 0 Å². The second-order valence-corrected chi connectivity index (χ2v) is 3.81. The first-order chi connectivity index (χ1) is 7.27. The van der Waals surface area contributed by atoms with E-state index in [2.05, 4.69) is 67.5 Å². The van der Waals surface area contributed by atoms with E-state index in [1.165, 1.54) is 16.8 Å². The Labute approximate surface area is 91.0 Å². The molecule has 0 amide bonds. The molecule has 0 saturated carbocycles. The van der Waals surface area contributed by atoms with Crippen LogP contribution in [0.25, 0.3) is 11.1 Å². The van der Waals surface area contributed by atoms with Crippen LogP contribution in [0.4, 0.5) is 5.69 Å². The molecule has 2 aromatic rings. The normalized spacial score (nSPS) is 10.0. The lowest BCUT2D eigenvalue weighted by molar-refractivity contribution is 1.13. The van der Waals surface area contributed by atoms with Crippen molar-refractivity contribution in [2.45, 2.75) is 0 Å². The largest absolute Gasteiger partial charge is 0.378 e. The predicted octanol–water partition coefficient (Wildman–Crippen LogP) is 3.42. The van der Waals surface area contributed by atoms with Crippen LogP contribution in [0.2, 0.25) is 0 Å². The maximum atomic E-state index is 2.20. The molecule has 0 atom stereocenters. The minimum absolute atomic E-state index is 1.23. The third kappa shape index (κ3) is 2.18. The summed E-state index contributed by atoms with van der Waals surface area (Å²) in [6.45, 7) is 0. The average Bonchev–Trinajstić information content (AvgIpc) is 2.30. The van der Waals surface area contributed by atoms with Gasteiger partial charge in [0.25, 0.3) is 0 Å². The number of rotatable bonds is 2. The second-order valence-electron chi connectivity index (χ2n) is 3.81. The zero-order valence-corrected chi connectivity index (χ0v) is 9.14. The van der Waals surface area contributed by atoms with Gasteiger partial charge in [0, 0.05) is 19.8 Å². The molecule has 2 rings (SSSR count). The van der Waals surface area contributed by atoms with Crippen LogP contribution in [0.1, 0.15) is 0 Å². The van der Waals surface area contributed by atoms with Gasteiger partial charge >= 0.3 is 0 Å². The Bertz CT molecular complexity index is 432. The first kappa shape index (κ1) is 9.78. The monoisotopic (exact) mass is 197 g/mol. The highest BCUT2D eigenvalue weighted by Gasteiger charge is 1.99. The SMILES string of the molecule is CN(C)c1cccc(-c2ccccc2)c1. The van der Waals surface area contributed by atoms with Crippen LogP contribution in [0, 0.1) is 0 Å². The van der Waals surface area contributed by atoms with E-state index in [9.17, 15) is 0 Å². The third-order valence-electron chi connectivity index (χ3n) is 2.47. The Hall–Kier alpha value is -1.76. The van der Waals surface area contributed by atoms with Crippen molar-refractivity contribution in [3.8, 4) is 11.1 Å². The summed E-state index contributed by atoms with van der Waals surface area (Å²) in [7, 11) is 4.12. The molecule has 0 bridgehead atoms. The molecule has 0 aliphatic carbocycles. The van der Waals surface area contributed by atoms with Gasteiger partial charge < -0.3 is 4.90 Å². The standard InChI is InChI=1S/C14H15N/c1-15(2)14-10-6-9-13(11-14)12-7-4-3-5-8-12/h3-11H,1-2H3. The summed E-state index contributed by atoms with van der Waals surface area (Å²) in [5.41, 5.74) is 3.76. The van der Waals surface area contributed by atoms with Gasteiger partial charge in [0.2, 0.25) is 0 Å². The van der Waals surface area contributed by atoms with Crippen molar-refractivity contribution in [1.82, 2.24) is 0 Å². The van der Waals surface area contributed by atoms with E-state index in [0.717, 1.165) is 0 Å². The molecule has 2 aromatic carbocycles. The van der Waals surface area contributed by atoms with Gasteiger partial charge in [-0.15, -0.1) is 0 Å². The molecule has 0 aromatic heterocycles. The van der Waals surface area contributed by atoms with E-state index in [4.69, 9.17) is 0 Å². The van der Waals surface area contributed by atoms with Crippen LogP contribution in [0.3, 0.4) is 0 Å². The lowest BCUT2D eigenvalue weighted by Crippen LogP contribution is -2.08. The van der Waals surface area contributed by atoms with Crippen molar-refractivity contribution in [3.05, 3.63) is 54.6 Å². The van der Waals surface area contributed by atoms with Crippen LogP contribution in [0.5, 0.6) is 0 Å². The summed E-state index contributed by atoms with van der Waals surface area (Å²) in [6, 6.07) is 19.0. The smallest absolute Gasteiger partial charge is 0.0367 e. The maximum absolute atomic E-state index is 2.20. The number of anilines is 1. The Morgan fingerprint density at radius 3 is 2.07 bits per heavy atom. The van der Waals surface area contributed by atoms with Crippen molar-refractivity contribution >= 4 is 5.69 Å².